The second-order valence-corrected chi connectivity index (χ2v) is 9.40. The summed E-state index contributed by atoms with van der Waals surface area (Å²) in [6.45, 7) is 0.900. The Morgan fingerprint density at radius 3 is 2.52 bits per heavy atom. The van der Waals surface area contributed by atoms with Crippen molar-refractivity contribution in [3.63, 3.8) is 0 Å². The summed E-state index contributed by atoms with van der Waals surface area (Å²) in [6.07, 6.45) is 11.1. The molecule has 1 heterocycles. The standard InChI is InChI=1S/C25H28ClNS.ClH/c26-21-14-15-24-22(17-21)23(18-25(28-24)20-12-5-2-6-13-20)27-16-8-7-11-19-9-3-1-4-10-19;/h2,5-6,12-15,17-19H,1,3-4,7-11,16H2;1H. The average Bonchev–Trinajstić information content (AvgIpc) is 2.75. The summed E-state index contributed by atoms with van der Waals surface area (Å²) >= 11 is 8.09. The molecule has 2 aromatic carbocycles. The maximum absolute atomic E-state index is 6.28. The van der Waals surface area contributed by atoms with Gasteiger partial charge in [0, 0.05) is 26.5 Å². The van der Waals surface area contributed by atoms with Gasteiger partial charge in [-0.15, -0.1) is 23.7 Å². The number of rotatable bonds is 6. The van der Waals surface area contributed by atoms with Crippen LogP contribution in [0.25, 0.3) is 20.5 Å². The minimum Gasteiger partial charge on any atom is -0.285 e. The van der Waals surface area contributed by atoms with Crippen molar-refractivity contribution in [3.8, 4) is 10.4 Å². The topological polar surface area (TPSA) is 12.4 Å². The predicted molar refractivity (Wildman–Crippen MR) is 130 cm³/mol. The van der Waals surface area contributed by atoms with E-state index in [4.69, 9.17) is 16.6 Å². The first kappa shape index (κ1) is 22.3. The molecular formula is C25H29Cl2NS. The smallest absolute Gasteiger partial charge is 0.0675 e. The molecule has 0 radical (unpaired) electrons. The molecule has 1 saturated carbocycles. The quantitative estimate of drug-likeness (QED) is 0.338. The van der Waals surface area contributed by atoms with Crippen LogP contribution in [-0.4, -0.2) is 6.54 Å². The number of hydrogen-bond acceptors (Lipinski definition) is 2. The molecule has 1 fully saturated rings. The van der Waals surface area contributed by atoms with Crippen molar-refractivity contribution in [2.45, 2.75) is 51.4 Å². The molecule has 1 aliphatic carbocycles. The number of unbranched alkanes of at least 4 members (excludes halogenated alkanes) is 1. The lowest BCUT2D eigenvalue weighted by Crippen LogP contribution is -2.07. The first-order chi connectivity index (χ1) is 13.8. The summed E-state index contributed by atoms with van der Waals surface area (Å²) in [5.41, 5.74) is 1.25. The second-order valence-electron chi connectivity index (χ2n) is 7.88. The number of hydrogen-bond donors (Lipinski definition) is 0. The van der Waals surface area contributed by atoms with Gasteiger partial charge in [-0.2, -0.15) is 0 Å². The van der Waals surface area contributed by atoms with Crippen molar-refractivity contribution in [2.24, 2.45) is 10.9 Å². The van der Waals surface area contributed by atoms with E-state index in [0.717, 1.165) is 22.8 Å². The Balaban J connectivity index is 0.00000240. The Kier molecular flexibility index (Phi) is 8.59. The van der Waals surface area contributed by atoms with Gasteiger partial charge in [-0.3, -0.25) is 4.99 Å². The fourth-order valence-electron chi connectivity index (χ4n) is 4.24. The third-order valence-corrected chi connectivity index (χ3v) is 7.18. The van der Waals surface area contributed by atoms with Crippen molar-refractivity contribution >= 4 is 45.4 Å². The van der Waals surface area contributed by atoms with Crippen molar-refractivity contribution in [1.82, 2.24) is 0 Å². The molecular weight excluding hydrogens is 417 g/mol. The highest BCUT2D eigenvalue weighted by Crippen LogP contribution is 2.30. The number of benzene rings is 2. The number of halogens is 2. The molecule has 1 aromatic heterocycles. The Hall–Kier alpha value is -1.35. The highest BCUT2D eigenvalue weighted by molar-refractivity contribution is 7.21. The van der Waals surface area contributed by atoms with Crippen LogP contribution in [0.2, 0.25) is 5.02 Å². The molecule has 3 aromatic rings. The normalized spacial score (nSPS) is 15.4. The van der Waals surface area contributed by atoms with Crippen molar-refractivity contribution in [2.75, 3.05) is 6.54 Å². The van der Waals surface area contributed by atoms with Gasteiger partial charge in [0.25, 0.3) is 0 Å². The van der Waals surface area contributed by atoms with Crippen LogP contribution in [0, 0.1) is 5.92 Å². The molecule has 0 amide bonds. The first-order valence-electron chi connectivity index (χ1n) is 10.6. The Morgan fingerprint density at radius 2 is 1.72 bits per heavy atom. The van der Waals surface area contributed by atoms with Crippen LogP contribution in [0.4, 0.5) is 0 Å². The van der Waals surface area contributed by atoms with Gasteiger partial charge < -0.3 is 0 Å². The zero-order valence-corrected chi connectivity index (χ0v) is 19.2. The molecule has 0 atom stereocenters. The Morgan fingerprint density at radius 1 is 0.931 bits per heavy atom. The zero-order chi connectivity index (χ0) is 19.2. The average molecular weight is 446 g/mol. The minimum atomic E-state index is 0. The fourth-order valence-corrected chi connectivity index (χ4v) is 5.48. The molecule has 29 heavy (non-hydrogen) atoms. The summed E-state index contributed by atoms with van der Waals surface area (Å²) in [7, 11) is 0. The van der Waals surface area contributed by atoms with Crippen molar-refractivity contribution < 1.29 is 0 Å². The summed E-state index contributed by atoms with van der Waals surface area (Å²) in [5, 5.41) is 3.03. The predicted octanol–water partition coefficient (Wildman–Crippen LogP) is 8.29. The first-order valence-corrected chi connectivity index (χ1v) is 11.8. The van der Waals surface area contributed by atoms with Gasteiger partial charge >= 0.3 is 0 Å². The van der Waals surface area contributed by atoms with E-state index in [-0.39, 0.29) is 12.4 Å². The van der Waals surface area contributed by atoms with Crippen LogP contribution in [0.5, 0.6) is 0 Å². The minimum absolute atomic E-state index is 0. The summed E-state index contributed by atoms with van der Waals surface area (Å²) in [4.78, 5) is 6.25. The van der Waals surface area contributed by atoms with E-state index < -0.39 is 0 Å². The Labute approximate surface area is 189 Å². The van der Waals surface area contributed by atoms with E-state index in [2.05, 4.69) is 48.5 Å². The molecule has 1 nitrogen and oxygen atoms in total. The van der Waals surface area contributed by atoms with Gasteiger partial charge in [0.15, 0.2) is 0 Å². The van der Waals surface area contributed by atoms with Gasteiger partial charge in [-0.1, -0.05) is 86.9 Å². The van der Waals surface area contributed by atoms with E-state index in [1.165, 1.54) is 71.9 Å². The monoisotopic (exact) mass is 445 g/mol. The van der Waals surface area contributed by atoms with Gasteiger partial charge in [0.2, 0.25) is 0 Å². The summed E-state index contributed by atoms with van der Waals surface area (Å²) in [6, 6.07) is 19.0. The van der Waals surface area contributed by atoms with Gasteiger partial charge in [0.1, 0.15) is 0 Å². The lowest BCUT2D eigenvalue weighted by molar-refractivity contribution is 0.330. The van der Waals surface area contributed by atoms with Gasteiger partial charge in [-0.05, 0) is 42.2 Å². The highest BCUT2D eigenvalue weighted by Gasteiger charge is 2.12. The highest BCUT2D eigenvalue weighted by atomic mass is 35.5. The summed E-state index contributed by atoms with van der Waals surface area (Å²) < 4.78 is 1.24. The third kappa shape index (κ3) is 6.07. The van der Waals surface area contributed by atoms with Gasteiger partial charge in [-0.25, -0.2) is 0 Å². The molecule has 0 unspecified atom stereocenters. The van der Waals surface area contributed by atoms with Crippen LogP contribution >= 0.6 is 35.3 Å². The molecule has 0 N–H and O–H groups in total. The van der Waals surface area contributed by atoms with E-state index in [1.54, 1.807) is 11.3 Å². The van der Waals surface area contributed by atoms with Crippen LogP contribution in [0.1, 0.15) is 51.4 Å². The summed E-state index contributed by atoms with van der Waals surface area (Å²) in [5.74, 6) is 0.969. The maximum atomic E-state index is 6.28. The van der Waals surface area contributed by atoms with E-state index in [1.807, 2.05) is 6.07 Å². The maximum Gasteiger partial charge on any atom is 0.0675 e. The van der Waals surface area contributed by atoms with E-state index >= 15 is 0 Å². The molecule has 0 spiro atoms. The largest absolute Gasteiger partial charge is 0.285 e. The number of fused-ring (bicyclic) bond motifs is 1. The van der Waals surface area contributed by atoms with Crippen molar-refractivity contribution in [3.05, 3.63) is 65.0 Å². The molecule has 4 heteroatoms. The third-order valence-electron chi connectivity index (χ3n) is 5.79. The molecule has 0 bridgehead atoms. The van der Waals surface area contributed by atoms with Crippen LogP contribution < -0.4 is 5.36 Å². The Bertz CT molecular complexity index is 975. The lowest BCUT2D eigenvalue weighted by atomic mass is 9.86. The van der Waals surface area contributed by atoms with E-state index in [9.17, 15) is 0 Å². The second kappa shape index (κ2) is 11.2. The number of nitrogens with zero attached hydrogens (tertiary/aromatic N) is 1. The lowest BCUT2D eigenvalue weighted by Gasteiger charge is -2.20. The van der Waals surface area contributed by atoms with Gasteiger partial charge in [0.05, 0.1) is 5.36 Å². The van der Waals surface area contributed by atoms with Crippen LogP contribution in [0.3, 0.4) is 0 Å². The molecule has 0 aliphatic heterocycles. The SMILES string of the molecule is Cl.Clc1ccc2sc(-c3ccccc3)cc(=NCCCCC3CCCCC3)c2c1. The zero-order valence-electron chi connectivity index (χ0n) is 16.8. The fraction of sp³-hybridized carbons (Fsp3) is 0.400. The van der Waals surface area contributed by atoms with Crippen molar-refractivity contribution in [1.29, 1.82) is 0 Å². The molecule has 0 saturated heterocycles. The van der Waals surface area contributed by atoms with Crippen LogP contribution in [-0.2, 0) is 0 Å². The molecule has 4 rings (SSSR count). The van der Waals surface area contributed by atoms with Crippen LogP contribution in [0.15, 0.2) is 59.6 Å². The van der Waals surface area contributed by atoms with E-state index in [0.29, 0.717) is 0 Å². The molecule has 1 aliphatic rings. The molecule has 154 valence electrons.